The van der Waals surface area contributed by atoms with Gasteiger partial charge in [0.05, 0.1) is 36.0 Å². The Morgan fingerprint density at radius 1 is 1.11 bits per heavy atom. The number of nitrogens with one attached hydrogen (secondary N) is 2. The highest BCUT2D eigenvalue weighted by molar-refractivity contribution is 6.03. The third-order valence-electron chi connectivity index (χ3n) is 6.56. The molecule has 2 N–H and O–H groups in total. The Hall–Kier alpha value is -4.12. The molecule has 0 aliphatic carbocycles. The summed E-state index contributed by atoms with van der Waals surface area (Å²) in [6, 6.07) is 5.85. The fraction of sp³-hybridized carbons (Fsp3) is 0.360. The van der Waals surface area contributed by atoms with Crippen molar-refractivity contribution in [2.75, 3.05) is 23.7 Å². The van der Waals surface area contributed by atoms with E-state index in [4.69, 9.17) is 0 Å². The number of carbonyl (C=O) groups excluding carboxylic acids is 2. The highest BCUT2D eigenvalue weighted by Gasteiger charge is 2.21. The molecule has 1 aliphatic heterocycles. The van der Waals surface area contributed by atoms with Gasteiger partial charge in [0.1, 0.15) is 0 Å². The molecule has 0 spiro atoms. The molecular formula is C25H29N9O2. The third kappa shape index (κ3) is 4.96. The Bertz CT molecular complexity index is 1420. The van der Waals surface area contributed by atoms with E-state index in [2.05, 4.69) is 42.7 Å². The fourth-order valence-corrected chi connectivity index (χ4v) is 4.48. The van der Waals surface area contributed by atoms with Crippen LogP contribution in [0.5, 0.6) is 0 Å². The average Bonchev–Trinajstić information content (AvgIpc) is 3.48. The second kappa shape index (κ2) is 9.86. The molecule has 0 aromatic carbocycles. The number of hydrogen-bond donors (Lipinski definition) is 2. The number of nitrogens with zero attached hydrogens (tertiary/aromatic N) is 7. The summed E-state index contributed by atoms with van der Waals surface area (Å²) in [7, 11) is 1.86. The molecule has 1 atom stereocenters. The highest BCUT2D eigenvalue weighted by atomic mass is 16.2. The van der Waals surface area contributed by atoms with Crippen LogP contribution in [0, 0.1) is 6.92 Å². The molecule has 4 aromatic rings. The summed E-state index contributed by atoms with van der Waals surface area (Å²) in [4.78, 5) is 32.2. The average molecular weight is 488 g/mol. The largest absolute Gasteiger partial charge is 0.324 e. The number of aromatic nitrogens is 6. The van der Waals surface area contributed by atoms with Crippen LogP contribution in [-0.4, -0.2) is 65.2 Å². The van der Waals surface area contributed by atoms with Gasteiger partial charge in [-0.2, -0.15) is 5.10 Å². The number of fused-ring (bicyclic) bond motifs is 1. The van der Waals surface area contributed by atoms with Crippen LogP contribution >= 0.6 is 0 Å². The first-order valence-corrected chi connectivity index (χ1v) is 12.0. The number of amides is 2. The first-order chi connectivity index (χ1) is 17.4. The van der Waals surface area contributed by atoms with Crippen LogP contribution in [0.1, 0.15) is 42.5 Å². The smallest absolute Gasteiger partial charge is 0.294 e. The summed E-state index contributed by atoms with van der Waals surface area (Å²) in [5.74, 6) is -0.373. The lowest BCUT2D eigenvalue weighted by Crippen LogP contribution is -2.42. The molecule has 0 saturated carbocycles. The number of hydrogen-bond acceptors (Lipinski definition) is 7. The summed E-state index contributed by atoms with van der Waals surface area (Å²) in [5, 5.41) is 18.2. The van der Waals surface area contributed by atoms with Gasteiger partial charge < -0.3 is 10.6 Å². The van der Waals surface area contributed by atoms with Crippen molar-refractivity contribution in [2.24, 2.45) is 7.05 Å². The van der Waals surface area contributed by atoms with Crippen LogP contribution in [0.3, 0.4) is 0 Å². The molecule has 2 amide bonds. The molecule has 5 heterocycles. The lowest BCUT2D eigenvalue weighted by molar-refractivity contribution is -0.118. The van der Waals surface area contributed by atoms with Crippen molar-refractivity contribution in [1.29, 1.82) is 0 Å². The second-order valence-electron chi connectivity index (χ2n) is 9.24. The van der Waals surface area contributed by atoms with Crippen molar-refractivity contribution >= 4 is 28.8 Å². The van der Waals surface area contributed by atoms with Crippen LogP contribution in [0.25, 0.3) is 16.8 Å². The van der Waals surface area contributed by atoms with Crippen LogP contribution in [-0.2, 0) is 11.8 Å². The van der Waals surface area contributed by atoms with Crippen LogP contribution in [0.4, 0.5) is 11.4 Å². The zero-order valence-electron chi connectivity index (χ0n) is 20.6. The van der Waals surface area contributed by atoms with E-state index in [1.54, 1.807) is 40.7 Å². The van der Waals surface area contributed by atoms with Crippen molar-refractivity contribution < 1.29 is 9.59 Å². The highest BCUT2D eigenvalue weighted by Crippen LogP contribution is 2.22. The second-order valence-corrected chi connectivity index (χ2v) is 9.24. The molecule has 11 nitrogen and oxygen atoms in total. The van der Waals surface area contributed by atoms with Gasteiger partial charge in [0.15, 0.2) is 5.65 Å². The van der Waals surface area contributed by atoms with Crippen LogP contribution < -0.4 is 10.6 Å². The summed E-state index contributed by atoms with van der Waals surface area (Å²) >= 11 is 0. The van der Waals surface area contributed by atoms with E-state index < -0.39 is 5.91 Å². The maximum absolute atomic E-state index is 13.1. The number of likely N-dealkylation sites (tertiary alicyclic amines) is 1. The standard InChI is InChI=1S/C25H29N9O2/c1-16-6-4-5-8-33(16)15-23(35)28-20-11-21(17(2)26-13-20)29-25(36)24-31-30-22-10-18(7-9-34(22)24)19-12-27-32(3)14-19/h7,9-14,16H,4-6,8,15H2,1-3H3,(H,28,35)(H,29,36)/t16-/m0/s1. The molecule has 0 radical (unpaired) electrons. The Kier molecular flexibility index (Phi) is 6.47. The SMILES string of the molecule is Cc1ncc(NC(=O)CN2CCCC[C@@H]2C)cc1NC(=O)c1nnc2cc(-c3cnn(C)c3)ccn12. The molecule has 36 heavy (non-hydrogen) atoms. The van der Waals surface area contributed by atoms with Crippen LogP contribution in [0.2, 0.25) is 0 Å². The Labute approximate surface area is 208 Å². The van der Waals surface area contributed by atoms with E-state index in [1.165, 1.54) is 6.42 Å². The van der Waals surface area contributed by atoms with Gasteiger partial charge in [0.25, 0.3) is 5.91 Å². The van der Waals surface area contributed by atoms with Gasteiger partial charge in [-0.25, -0.2) is 0 Å². The number of anilines is 2. The van der Waals surface area contributed by atoms with Gasteiger partial charge in [-0.05, 0) is 57.0 Å². The van der Waals surface area contributed by atoms with E-state index in [9.17, 15) is 9.59 Å². The van der Waals surface area contributed by atoms with Crippen molar-refractivity contribution in [3.8, 4) is 11.1 Å². The third-order valence-corrected chi connectivity index (χ3v) is 6.56. The molecule has 1 fully saturated rings. The molecular weight excluding hydrogens is 458 g/mol. The van der Waals surface area contributed by atoms with Crippen molar-refractivity contribution in [3.63, 3.8) is 0 Å². The van der Waals surface area contributed by atoms with E-state index in [-0.39, 0.29) is 11.7 Å². The maximum atomic E-state index is 13.1. The number of aryl methyl sites for hydroxylation is 2. The minimum atomic E-state index is -0.424. The maximum Gasteiger partial charge on any atom is 0.294 e. The van der Waals surface area contributed by atoms with E-state index in [1.807, 2.05) is 25.4 Å². The Balaban J connectivity index is 1.29. The Morgan fingerprint density at radius 2 is 1.97 bits per heavy atom. The molecule has 4 aromatic heterocycles. The Morgan fingerprint density at radius 3 is 2.75 bits per heavy atom. The van der Waals surface area contributed by atoms with E-state index >= 15 is 0 Å². The van der Waals surface area contributed by atoms with Gasteiger partial charge in [-0.1, -0.05) is 6.42 Å². The zero-order chi connectivity index (χ0) is 25.2. The van der Waals surface area contributed by atoms with Crippen LogP contribution in [0.15, 0.2) is 43.0 Å². The minimum Gasteiger partial charge on any atom is -0.324 e. The summed E-state index contributed by atoms with van der Waals surface area (Å²) in [6.07, 6.45) is 10.5. The molecule has 5 rings (SSSR count). The van der Waals surface area contributed by atoms with Gasteiger partial charge in [0, 0.05) is 31.0 Å². The fourth-order valence-electron chi connectivity index (χ4n) is 4.48. The monoisotopic (exact) mass is 487 g/mol. The molecule has 1 aliphatic rings. The molecule has 0 bridgehead atoms. The summed E-state index contributed by atoms with van der Waals surface area (Å²) in [5.41, 5.74) is 4.07. The van der Waals surface area contributed by atoms with Gasteiger partial charge in [-0.15, -0.1) is 10.2 Å². The summed E-state index contributed by atoms with van der Waals surface area (Å²) in [6.45, 7) is 5.21. The van der Waals surface area contributed by atoms with E-state index in [0.717, 1.165) is 30.5 Å². The first-order valence-electron chi connectivity index (χ1n) is 12.0. The van der Waals surface area contributed by atoms with E-state index in [0.29, 0.717) is 35.3 Å². The van der Waals surface area contributed by atoms with Crippen molar-refractivity contribution in [2.45, 2.75) is 39.2 Å². The molecule has 0 unspecified atom stereocenters. The predicted molar refractivity (Wildman–Crippen MR) is 136 cm³/mol. The quantitative estimate of drug-likeness (QED) is 0.429. The lowest BCUT2D eigenvalue weighted by Gasteiger charge is -2.32. The number of piperidine rings is 1. The topological polar surface area (TPSA) is 122 Å². The summed E-state index contributed by atoms with van der Waals surface area (Å²) < 4.78 is 3.35. The number of carbonyl (C=O) groups is 2. The minimum absolute atomic E-state index is 0.0976. The predicted octanol–water partition coefficient (Wildman–Crippen LogP) is 2.90. The molecule has 11 heteroatoms. The van der Waals surface area contributed by atoms with Gasteiger partial charge in [0.2, 0.25) is 11.7 Å². The first kappa shape index (κ1) is 23.6. The number of rotatable bonds is 6. The van der Waals surface area contributed by atoms with Crippen molar-refractivity contribution in [1.82, 2.24) is 34.3 Å². The lowest BCUT2D eigenvalue weighted by atomic mass is 10.0. The molecule has 186 valence electrons. The number of pyridine rings is 2. The normalized spacial score (nSPS) is 16.2. The zero-order valence-corrected chi connectivity index (χ0v) is 20.6. The van der Waals surface area contributed by atoms with Crippen molar-refractivity contribution in [3.05, 3.63) is 54.5 Å². The van der Waals surface area contributed by atoms with Gasteiger partial charge >= 0.3 is 0 Å². The molecule has 1 saturated heterocycles. The van der Waals surface area contributed by atoms with Gasteiger partial charge in [-0.3, -0.25) is 28.6 Å².